The maximum absolute atomic E-state index is 13.3. The molecule has 0 bridgehead atoms. The SMILES string of the molecule is Fc1ccc(C2NNCC2CN(Cc2ccccn2)CC2CCCO2)cc1. The number of ether oxygens (including phenoxy) is 1. The van der Waals surface area contributed by atoms with Crippen molar-refractivity contribution in [3.8, 4) is 0 Å². The first-order chi connectivity index (χ1) is 13.3. The second-order valence-corrected chi connectivity index (χ2v) is 7.46. The largest absolute Gasteiger partial charge is 0.377 e. The summed E-state index contributed by atoms with van der Waals surface area (Å²) in [5, 5.41) is 0. The number of nitrogens with zero attached hydrogens (tertiary/aromatic N) is 2. The van der Waals surface area contributed by atoms with Gasteiger partial charge in [-0.1, -0.05) is 18.2 Å². The fraction of sp³-hybridized carbons (Fsp3) is 0.476. The minimum Gasteiger partial charge on any atom is -0.377 e. The summed E-state index contributed by atoms with van der Waals surface area (Å²) in [5.41, 5.74) is 8.83. The van der Waals surface area contributed by atoms with E-state index in [9.17, 15) is 4.39 Å². The van der Waals surface area contributed by atoms with Gasteiger partial charge in [0.05, 0.1) is 17.8 Å². The number of aromatic nitrogens is 1. The van der Waals surface area contributed by atoms with Gasteiger partial charge in [0, 0.05) is 44.9 Å². The van der Waals surface area contributed by atoms with E-state index in [1.54, 1.807) is 0 Å². The van der Waals surface area contributed by atoms with Gasteiger partial charge < -0.3 is 4.74 Å². The number of hydrogen-bond donors (Lipinski definition) is 2. The molecule has 0 amide bonds. The molecule has 2 saturated heterocycles. The fourth-order valence-corrected chi connectivity index (χ4v) is 4.06. The molecular formula is C21H27FN4O. The van der Waals surface area contributed by atoms with Crippen molar-refractivity contribution in [2.75, 3.05) is 26.2 Å². The van der Waals surface area contributed by atoms with Crippen LogP contribution >= 0.6 is 0 Å². The molecule has 3 unspecified atom stereocenters. The molecule has 1 aromatic heterocycles. The lowest BCUT2D eigenvalue weighted by atomic mass is 9.94. The van der Waals surface area contributed by atoms with Gasteiger partial charge in [-0.3, -0.25) is 15.3 Å². The topological polar surface area (TPSA) is 49.4 Å². The van der Waals surface area contributed by atoms with Crippen LogP contribution in [0.15, 0.2) is 48.7 Å². The highest BCUT2D eigenvalue weighted by molar-refractivity contribution is 5.21. The van der Waals surface area contributed by atoms with Gasteiger partial charge in [0.25, 0.3) is 0 Å². The van der Waals surface area contributed by atoms with Crippen LogP contribution in [0.4, 0.5) is 4.39 Å². The first-order valence-electron chi connectivity index (χ1n) is 9.75. The molecule has 144 valence electrons. The van der Waals surface area contributed by atoms with Gasteiger partial charge >= 0.3 is 0 Å². The summed E-state index contributed by atoms with van der Waals surface area (Å²) in [7, 11) is 0. The average Bonchev–Trinajstić information content (AvgIpc) is 3.35. The van der Waals surface area contributed by atoms with Crippen LogP contribution in [0.1, 0.15) is 30.1 Å². The molecule has 0 spiro atoms. The second kappa shape index (κ2) is 8.89. The van der Waals surface area contributed by atoms with Crippen molar-refractivity contribution >= 4 is 0 Å². The number of hydrazine groups is 1. The minimum atomic E-state index is -0.198. The predicted octanol–water partition coefficient (Wildman–Crippen LogP) is 2.67. The molecule has 3 atom stereocenters. The van der Waals surface area contributed by atoms with Crippen molar-refractivity contribution in [3.05, 3.63) is 65.7 Å². The summed E-state index contributed by atoms with van der Waals surface area (Å²) in [6.07, 6.45) is 4.42. The molecule has 2 N–H and O–H groups in total. The third-order valence-electron chi connectivity index (χ3n) is 5.41. The van der Waals surface area contributed by atoms with Gasteiger partial charge in [-0.25, -0.2) is 9.82 Å². The Hall–Kier alpha value is -1.86. The number of halogens is 1. The minimum absolute atomic E-state index is 0.168. The van der Waals surface area contributed by atoms with E-state index in [0.29, 0.717) is 12.0 Å². The molecule has 2 fully saturated rings. The van der Waals surface area contributed by atoms with Crippen LogP contribution in [0.3, 0.4) is 0 Å². The lowest BCUT2D eigenvalue weighted by Crippen LogP contribution is -2.37. The Kier molecular flexibility index (Phi) is 6.09. The Balaban J connectivity index is 1.46. The van der Waals surface area contributed by atoms with Gasteiger partial charge in [-0.15, -0.1) is 0 Å². The van der Waals surface area contributed by atoms with Gasteiger partial charge in [-0.2, -0.15) is 0 Å². The average molecular weight is 370 g/mol. The van der Waals surface area contributed by atoms with Crippen molar-refractivity contribution in [1.29, 1.82) is 0 Å². The van der Waals surface area contributed by atoms with E-state index >= 15 is 0 Å². The maximum Gasteiger partial charge on any atom is 0.123 e. The monoisotopic (exact) mass is 370 g/mol. The molecule has 0 saturated carbocycles. The lowest BCUT2D eigenvalue weighted by Gasteiger charge is -2.29. The Labute approximate surface area is 159 Å². The zero-order chi connectivity index (χ0) is 18.5. The molecule has 0 aliphatic carbocycles. The van der Waals surface area contributed by atoms with Crippen molar-refractivity contribution in [2.24, 2.45) is 5.92 Å². The number of rotatable bonds is 7. The van der Waals surface area contributed by atoms with Gasteiger partial charge in [0.15, 0.2) is 0 Å². The summed E-state index contributed by atoms with van der Waals surface area (Å²) in [5.74, 6) is 0.192. The zero-order valence-electron chi connectivity index (χ0n) is 15.5. The summed E-state index contributed by atoms with van der Waals surface area (Å²) >= 11 is 0. The number of hydrogen-bond acceptors (Lipinski definition) is 5. The Morgan fingerprint density at radius 1 is 1.15 bits per heavy atom. The van der Waals surface area contributed by atoms with Crippen molar-refractivity contribution < 1.29 is 9.13 Å². The normalized spacial score (nSPS) is 25.3. The highest BCUT2D eigenvalue weighted by atomic mass is 19.1. The molecule has 6 heteroatoms. The molecule has 1 aromatic carbocycles. The van der Waals surface area contributed by atoms with Crippen molar-refractivity contribution in [1.82, 2.24) is 20.7 Å². The Bertz CT molecular complexity index is 706. The van der Waals surface area contributed by atoms with Crippen LogP contribution < -0.4 is 10.9 Å². The molecule has 2 aromatic rings. The molecule has 2 aliphatic heterocycles. The highest BCUT2D eigenvalue weighted by Gasteiger charge is 2.31. The Morgan fingerprint density at radius 2 is 2.04 bits per heavy atom. The van der Waals surface area contributed by atoms with Crippen LogP contribution in [-0.2, 0) is 11.3 Å². The summed E-state index contributed by atoms with van der Waals surface area (Å²) in [6.45, 7) is 4.41. The fourth-order valence-electron chi connectivity index (χ4n) is 4.06. The maximum atomic E-state index is 13.3. The molecular weight excluding hydrogens is 343 g/mol. The molecule has 3 heterocycles. The van der Waals surface area contributed by atoms with Crippen LogP contribution in [0.2, 0.25) is 0 Å². The van der Waals surface area contributed by atoms with Crippen molar-refractivity contribution in [2.45, 2.75) is 31.5 Å². The van der Waals surface area contributed by atoms with E-state index in [2.05, 4.69) is 26.8 Å². The van der Waals surface area contributed by atoms with Crippen LogP contribution in [0, 0.1) is 11.7 Å². The molecule has 5 nitrogen and oxygen atoms in total. The predicted molar refractivity (Wildman–Crippen MR) is 102 cm³/mol. The number of benzene rings is 1. The third-order valence-corrected chi connectivity index (χ3v) is 5.41. The second-order valence-electron chi connectivity index (χ2n) is 7.46. The molecule has 4 rings (SSSR count). The van der Waals surface area contributed by atoms with Gasteiger partial charge in [-0.05, 0) is 42.7 Å². The molecule has 2 aliphatic rings. The van der Waals surface area contributed by atoms with E-state index < -0.39 is 0 Å². The molecule has 0 radical (unpaired) electrons. The van der Waals surface area contributed by atoms with Crippen LogP contribution in [-0.4, -0.2) is 42.2 Å². The first kappa shape index (κ1) is 18.5. The van der Waals surface area contributed by atoms with Crippen LogP contribution in [0.25, 0.3) is 0 Å². The van der Waals surface area contributed by atoms with E-state index in [-0.39, 0.29) is 11.9 Å². The van der Waals surface area contributed by atoms with Crippen molar-refractivity contribution in [3.63, 3.8) is 0 Å². The number of pyridine rings is 1. The Morgan fingerprint density at radius 3 is 2.78 bits per heavy atom. The number of nitrogens with one attached hydrogen (secondary N) is 2. The summed E-state index contributed by atoms with van der Waals surface area (Å²) < 4.78 is 19.2. The first-order valence-corrected chi connectivity index (χ1v) is 9.75. The van der Waals surface area contributed by atoms with Gasteiger partial charge in [0.2, 0.25) is 0 Å². The summed E-state index contributed by atoms with van der Waals surface area (Å²) in [4.78, 5) is 6.95. The van der Waals surface area contributed by atoms with E-state index in [4.69, 9.17) is 4.74 Å². The van der Waals surface area contributed by atoms with E-state index in [1.807, 2.05) is 30.5 Å². The highest BCUT2D eigenvalue weighted by Crippen LogP contribution is 2.27. The van der Waals surface area contributed by atoms with E-state index in [1.165, 1.54) is 12.1 Å². The van der Waals surface area contributed by atoms with Crippen LogP contribution in [0.5, 0.6) is 0 Å². The standard InChI is InChI=1S/C21H27FN4O/c22-18-8-6-16(7-9-18)21-17(12-24-25-21)13-26(15-20-5-3-11-27-20)14-19-4-1-2-10-23-19/h1-2,4,6-10,17,20-21,24-25H,3,5,11-15H2. The summed E-state index contributed by atoms with van der Waals surface area (Å²) in [6, 6.07) is 13.0. The van der Waals surface area contributed by atoms with E-state index in [0.717, 1.165) is 56.9 Å². The van der Waals surface area contributed by atoms with Gasteiger partial charge in [0.1, 0.15) is 5.82 Å². The third kappa shape index (κ3) is 4.90. The quantitative estimate of drug-likeness (QED) is 0.785. The smallest absolute Gasteiger partial charge is 0.123 e. The molecule has 27 heavy (non-hydrogen) atoms. The zero-order valence-corrected chi connectivity index (χ0v) is 15.5. The lowest BCUT2D eigenvalue weighted by molar-refractivity contribution is 0.0639.